The number of ether oxygens (including phenoxy) is 1. The Hall–Kier alpha value is -3.09. The number of anilines is 2. The highest BCUT2D eigenvalue weighted by Crippen LogP contribution is 2.33. The molecule has 2 aliphatic heterocycles. The van der Waals surface area contributed by atoms with Crippen molar-refractivity contribution in [3.05, 3.63) is 54.3 Å². The Bertz CT molecular complexity index is 898. The molecule has 1 atom stereocenters. The van der Waals surface area contributed by atoms with Crippen molar-refractivity contribution in [1.82, 2.24) is 4.90 Å². The molecule has 1 unspecified atom stereocenters. The van der Waals surface area contributed by atoms with E-state index in [9.17, 15) is 14.0 Å². The Morgan fingerprint density at radius 1 is 1.03 bits per heavy atom. The van der Waals surface area contributed by atoms with E-state index in [0.29, 0.717) is 5.75 Å². The maximum absolute atomic E-state index is 13.8. The van der Waals surface area contributed by atoms with Gasteiger partial charge in [-0.05, 0) is 43.5 Å². The van der Waals surface area contributed by atoms with Gasteiger partial charge >= 0.3 is 0 Å². The summed E-state index contributed by atoms with van der Waals surface area (Å²) < 4.78 is 19.8. The van der Waals surface area contributed by atoms with Crippen LogP contribution < -0.4 is 15.0 Å². The summed E-state index contributed by atoms with van der Waals surface area (Å²) in [6.45, 7) is 1.76. The fraction of sp³-hybridized carbons (Fsp3) is 0.364. The number of likely N-dealkylation sites (tertiary alicyclic amines) is 1. The average Bonchev–Trinajstić information content (AvgIpc) is 2.75. The number of halogens is 1. The molecule has 0 aliphatic carbocycles. The Morgan fingerprint density at radius 2 is 1.76 bits per heavy atom. The van der Waals surface area contributed by atoms with Gasteiger partial charge in [-0.3, -0.25) is 9.59 Å². The number of rotatable bonds is 4. The first-order valence-corrected chi connectivity index (χ1v) is 9.95. The van der Waals surface area contributed by atoms with Gasteiger partial charge in [-0.15, -0.1) is 0 Å². The summed E-state index contributed by atoms with van der Waals surface area (Å²) in [4.78, 5) is 29.2. The zero-order valence-electron chi connectivity index (χ0n) is 16.1. The zero-order valence-corrected chi connectivity index (χ0v) is 16.1. The van der Waals surface area contributed by atoms with Gasteiger partial charge < -0.3 is 19.9 Å². The number of benzene rings is 2. The second-order valence-electron chi connectivity index (χ2n) is 7.37. The van der Waals surface area contributed by atoms with Crippen molar-refractivity contribution in [2.45, 2.75) is 25.4 Å². The van der Waals surface area contributed by atoms with Crippen LogP contribution in [0.2, 0.25) is 0 Å². The summed E-state index contributed by atoms with van der Waals surface area (Å²) in [5, 5.41) is 2.60. The summed E-state index contributed by atoms with van der Waals surface area (Å²) in [6, 6.07) is 13.4. The number of carbonyl (C=O) groups is 2. The third kappa shape index (κ3) is 4.34. The van der Waals surface area contributed by atoms with Crippen molar-refractivity contribution in [3.63, 3.8) is 0 Å². The monoisotopic (exact) mass is 397 g/mol. The van der Waals surface area contributed by atoms with Gasteiger partial charge in [-0.1, -0.05) is 24.3 Å². The van der Waals surface area contributed by atoms with Gasteiger partial charge in [-0.2, -0.15) is 0 Å². The summed E-state index contributed by atoms with van der Waals surface area (Å²) in [7, 11) is 0. The van der Waals surface area contributed by atoms with Crippen LogP contribution in [0.25, 0.3) is 0 Å². The molecule has 0 bridgehead atoms. The fourth-order valence-corrected chi connectivity index (χ4v) is 3.83. The molecule has 0 aromatic heterocycles. The van der Waals surface area contributed by atoms with E-state index in [0.717, 1.165) is 38.0 Å². The predicted molar refractivity (Wildman–Crippen MR) is 109 cm³/mol. The molecule has 0 radical (unpaired) electrons. The Morgan fingerprint density at radius 3 is 2.55 bits per heavy atom. The van der Waals surface area contributed by atoms with Crippen LogP contribution >= 0.6 is 0 Å². The number of para-hydroxylation sites is 3. The topological polar surface area (TPSA) is 61.9 Å². The zero-order chi connectivity index (χ0) is 20.2. The molecule has 0 saturated carbocycles. The molecule has 152 valence electrons. The smallest absolute Gasteiger partial charge is 0.265 e. The summed E-state index contributed by atoms with van der Waals surface area (Å²) in [5.41, 5.74) is 0.888. The molecule has 2 aromatic carbocycles. The van der Waals surface area contributed by atoms with Crippen molar-refractivity contribution in [3.8, 4) is 5.75 Å². The van der Waals surface area contributed by atoms with Crippen molar-refractivity contribution < 1.29 is 18.7 Å². The van der Waals surface area contributed by atoms with E-state index in [4.69, 9.17) is 4.74 Å². The van der Waals surface area contributed by atoms with Gasteiger partial charge in [0, 0.05) is 13.1 Å². The summed E-state index contributed by atoms with van der Waals surface area (Å²) in [5.74, 6) is -0.302. The highest BCUT2D eigenvalue weighted by molar-refractivity contribution is 5.95. The van der Waals surface area contributed by atoms with Gasteiger partial charge in [0.25, 0.3) is 5.91 Å². The Balaban J connectivity index is 1.49. The first kappa shape index (κ1) is 19.2. The molecule has 2 amide bonds. The van der Waals surface area contributed by atoms with E-state index in [1.165, 1.54) is 12.1 Å². The molecule has 2 aromatic rings. The molecule has 29 heavy (non-hydrogen) atoms. The van der Waals surface area contributed by atoms with Gasteiger partial charge in [0.1, 0.15) is 11.6 Å². The minimum atomic E-state index is -0.663. The molecule has 1 saturated heterocycles. The standard InChI is InChI=1S/C22H24FN3O3/c23-16-8-2-3-9-17(16)24-21(27)15-26-14-20(22(28)25-12-6-1-7-13-25)29-19-11-5-4-10-18(19)26/h2-5,8-11,20H,1,6-7,12-15H2,(H,24,27). The van der Waals surface area contributed by atoms with Crippen LogP contribution in [0.3, 0.4) is 0 Å². The number of amides is 2. The number of hydrogen-bond acceptors (Lipinski definition) is 4. The molecular formula is C22H24FN3O3. The number of carbonyl (C=O) groups excluding carboxylic acids is 2. The maximum atomic E-state index is 13.8. The Labute approximate surface area is 169 Å². The summed E-state index contributed by atoms with van der Waals surface area (Å²) >= 11 is 0. The Kier molecular flexibility index (Phi) is 5.64. The number of nitrogens with zero attached hydrogens (tertiary/aromatic N) is 2. The van der Waals surface area contributed by atoms with Gasteiger partial charge in [0.2, 0.25) is 5.91 Å². The molecular weight excluding hydrogens is 373 g/mol. The molecule has 4 rings (SSSR count). The minimum Gasteiger partial charge on any atom is -0.477 e. The van der Waals surface area contributed by atoms with Crippen LogP contribution in [0.5, 0.6) is 5.75 Å². The maximum Gasteiger partial charge on any atom is 0.265 e. The second kappa shape index (κ2) is 8.51. The van der Waals surface area contributed by atoms with Crippen molar-refractivity contribution >= 4 is 23.2 Å². The molecule has 7 heteroatoms. The van der Waals surface area contributed by atoms with Gasteiger partial charge in [0.15, 0.2) is 6.10 Å². The van der Waals surface area contributed by atoms with E-state index >= 15 is 0 Å². The van der Waals surface area contributed by atoms with Crippen LogP contribution in [0.4, 0.5) is 15.8 Å². The normalized spacial score (nSPS) is 18.6. The molecule has 2 aliphatic rings. The van der Waals surface area contributed by atoms with Crippen molar-refractivity contribution in [2.24, 2.45) is 0 Å². The molecule has 1 fully saturated rings. The van der Waals surface area contributed by atoms with Crippen molar-refractivity contribution in [2.75, 3.05) is 36.4 Å². The molecule has 0 spiro atoms. The highest BCUT2D eigenvalue weighted by atomic mass is 19.1. The molecule has 6 nitrogen and oxygen atoms in total. The number of nitrogens with one attached hydrogen (secondary N) is 1. The molecule has 1 N–H and O–H groups in total. The third-order valence-electron chi connectivity index (χ3n) is 5.29. The van der Waals surface area contributed by atoms with Crippen molar-refractivity contribution in [1.29, 1.82) is 0 Å². The largest absolute Gasteiger partial charge is 0.477 e. The molecule has 2 heterocycles. The first-order valence-electron chi connectivity index (χ1n) is 9.95. The van der Waals surface area contributed by atoms with Crippen LogP contribution in [0.1, 0.15) is 19.3 Å². The first-order chi connectivity index (χ1) is 14.1. The van der Waals surface area contributed by atoms with E-state index < -0.39 is 11.9 Å². The third-order valence-corrected chi connectivity index (χ3v) is 5.29. The fourth-order valence-electron chi connectivity index (χ4n) is 3.83. The lowest BCUT2D eigenvalue weighted by Gasteiger charge is -2.38. The predicted octanol–water partition coefficient (Wildman–Crippen LogP) is 3.04. The van der Waals surface area contributed by atoms with E-state index in [1.54, 1.807) is 18.2 Å². The van der Waals surface area contributed by atoms with Gasteiger partial charge in [-0.25, -0.2) is 4.39 Å². The minimum absolute atomic E-state index is 0.00150. The number of piperidine rings is 1. The van der Waals surface area contributed by atoms with E-state index in [1.807, 2.05) is 28.0 Å². The lowest BCUT2D eigenvalue weighted by molar-refractivity contribution is -0.139. The lowest BCUT2D eigenvalue weighted by atomic mass is 10.1. The van der Waals surface area contributed by atoms with Crippen LogP contribution in [0.15, 0.2) is 48.5 Å². The lowest BCUT2D eigenvalue weighted by Crippen LogP contribution is -2.52. The van der Waals surface area contributed by atoms with E-state index in [2.05, 4.69) is 5.32 Å². The van der Waals surface area contributed by atoms with E-state index in [-0.39, 0.29) is 30.6 Å². The number of fused-ring (bicyclic) bond motifs is 1. The second-order valence-corrected chi connectivity index (χ2v) is 7.37. The van der Waals surface area contributed by atoms with Crippen LogP contribution in [-0.4, -0.2) is 49.0 Å². The number of hydrogen-bond donors (Lipinski definition) is 1. The summed E-state index contributed by atoms with van der Waals surface area (Å²) in [6.07, 6.45) is 2.48. The SMILES string of the molecule is O=C(CN1CC(C(=O)N2CCCCC2)Oc2ccccc21)Nc1ccccc1F. The van der Waals surface area contributed by atoms with Crippen LogP contribution in [0, 0.1) is 5.82 Å². The average molecular weight is 397 g/mol. The van der Waals surface area contributed by atoms with Crippen LogP contribution in [-0.2, 0) is 9.59 Å². The van der Waals surface area contributed by atoms with Gasteiger partial charge in [0.05, 0.1) is 24.5 Å². The quantitative estimate of drug-likeness (QED) is 0.862. The highest BCUT2D eigenvalue weighted by Gasteiger charge is 2.34.